The number of halogens is 1. The summed E-state index contributed by atoms with van der Waals surface area (Å²) in [5, 5.41) is 12.7. The molecule has 0 atom stereocenters. The van der Waals surface area contributed by atoms with Gasteiger partial charge in [0.2, 0.25) is 15.9 Å². The van der Waals surface area contributed by atoms with Crippen molar-refractivity contribution < 1.29 is 22.8 Å². The first-order valence-corrected chi connectivity index (χ1v) is 8.88. The van der Waals surface area contributed by atoms with Crippen LogP contribution < -0.4 is 0 Å². The molecular formula is C14H16ClN3O5S. The van der Waals surface area contributed by atoms with Crippen molar-refractivity contribution in [3.8, 4) is 0 Å². The van der Waals surface area contributed by atoms with Crippen LogP contribution in [0.3, 0.4) is 0 Å². The van der Waals surface area contributed by atoms with E-state index in [0.717, 1.165) is 16.8 Å². The summed E-state index contributed by atoms with van der Waals surface area (Å²) in [7, 11) is -2.69. The number of hydrogen-bond acceptors (Lipinski definition) is 6. The molecule has 24 heavy (non-hydrogen) atoms. The molecule has 0 saturated heterocycles. The highest BCUT2D eigenvalue weighted by Crippen LogP contribution is 2.26. The third-order valence-corrected chi connectivity index (χ3v) is 5.49. The maximum atomic E-state index is 12.6. The molecule has 0 saturated carbocycles. The van der Waals surface area contributed by atoms with Gasteiger partial charge in [-0.25, -0.2) is 13.2 Å². The number of nitrogens with zero attached hydrogens (tertiary/aromatic N) is 3. The predicted octanol–water partition coefficient (Wildman–Crippen LogP) is 2.19. The van der Waals surface area contributed by atoms with Gasteiger partial charge in [-0.05, 0) is 24.6 Å². The molecule has 0 aliphatic rings. The van der Waals surface area contributed by atoms with E-state index in [4.69, 9.17) is 21.2 Å². The average Bonchev–Trinajstić information content (AvgIpc) is 2.94. The minimum atomic E-state index is -4.02. The predicted molar refractivity (Wildman–Crippen MR) is 85.4 cm³/mol. The Bertz CT molecular complexity index is 850. The quantitative estimate of drug-likeness (QED) is 0.791. The lowest BCUT2D eigenvalue weighted by Gasteiger charge is -2.16. The lowest BCUT2D eigenvalue weighted by molar-refractivity contribution is 0.0696. The summed E-state index contributed by atoms with van der Waals surface area (Å²) in [6.45, 7) is 1.82. The molecule has 1 aromatic carbocycles. The summed E-state index contributed by atoms with van der Waals surface area (Å²) >= 11 is 5.93. The van der Waals surface area contributed by atoms with Crippen LogP contribution >= 0.6 is 11.6 Å². The molecule has 0 aliphatic heterocycles. The van der Waals surface area contributed by atoms with Crippen LogP contribution in [0.5, 0.6) is 0 Å². The highest BCUT2D eigenvalue weighted by atomic mass is 35.5. The molecule has 1 heterocycles. The monoisotopic (exact) mass is 373 g/mol. The van der Waals surface area contributed by atoms with Crippen molar-refractivity contribution in [1.82, 2.24) is 14.4 Å². The first-order chi connectivity index (χ1) is 11.3. The zero-order valence-corrected chi connectivity index (χ0v) is 14.6. The summed E-state index contributed by atoms with van der Waals surface area (Å²) in [5.74, 6) is -0.592. The first kappa shape index (κ1) is 18.4. The van der Waals surface area contributed by atoms with Crippen LogP contribution in [0.25, 0.3) is 0 Å². The van der Waals surface area contributed by atoms with Gasteiger partial charge in [-0.15, -0.1) is 0 Å². The standard InChI is InChI=1S/C14H16ClN3O5S/c1-3-4-12-16-13(23-17-12)8-18(2)24(21,22)11-7-9(14(19)20)5-6-10(11)15/h5-7H,3-4,8H2,1-2H3,(H,19,20). The van der Waals surface area contributed by atoms with Crippen LogP contribution in [0, 0.1) is 0 Å². The van der Waals surface area contributed by atoms with Crippen molar-refractivity contribution in [1.29, 1.82) is 0 Å². The molecule has 2 rings (SSSR count). The number of carbonyl (C=O) groups is 1. The van der Waals surface area contributed by atoms with Crippen LogP contribution in [0.2, 0.25) is 5.02 Å². The topological polar surface area (TPSA) is 114 Å². The van der Waals surface area contributed by atoms with E-state index in [1.807, 2.05) is 6.92 Å². The molecule has 0 bridgehead atoms. The second-order valence-electron chi connectivity index (χ2n) is 5.07. The zero-order valence-electron chi connectivity index (χ0n) is 13.1. The maximum absolute atomic E-state index is 12.6. The Hall–Kier alpha value is -1.97. The van der Waals surface area contributed by atoms with Gasteiger partial charge in [0.1, 0.15) is 4.90 Å². The maximum Gasteiger partial charge on any atom is 0.335 e. The number of benzene rings is 1. The smallest absolute Gasteiger partial charge is 0.335 e. The van der Waals surface area contributed by atoms with Crippen molar-refractivity contribution in [2.75, 3.05) is 7.05 Å². The van der Waals surface area contributed by atoms with Crippen LogP contribution in [-0.4, -0.2) is 41.0 Å². The first-order valence-electron chi connectivity index (χ1n) is 7.06. The van der Waals surface area contributed by atoms with E-state index in [1.165, 1.54) is 19.2 Å². The molecular weight excluding hydrogens is 358 g/mol. The van der Waals surface area contributed by atoms with Gasteiger partial charge in [0, 0.05) is 13.5 Å². The van der Waals surface area contributed by atoms with E-state index >= 15 is 0 Å². The molecule has 1 N–H and O–H groups in total. The van der Waals surface area contributed by atoms with Gasteiger partial charge in [0.25, 0.3) is 0 Å². The van der Waals surface area contributed by atoms with Crippen LogP contribution in [0.1, 0.15) is 35.4 Å². The number of hydrogen-bond donors (Lipinski definition) is 1. The fourth-order valence-corrected chi connectivity index (χ4v) is 3.57. The third kappa shape index (κ3) is 3.92. The minimum absolute atomic E-state index is 0.0657. The second kappa shape index (κ2) is 7.29. The Morgan fingerprint density at radius 1 is 1.42 bits per heavy atom. The molecule has 10 heteroatoms. The fourth-order valence-electron chi connectivity index (χ4n) is 1.96. The van der Waals surface area contributed by atoms with Crippen molar-refractivity contribution >= 4 is 27.6 Å². The summed E-state index contributed by atoms with van der Waals surface area (Å²) in [6.07, 6.45) is 1.47. The van der Waals surface area contributed by atoms with Gasteiger partial charge < -0.3 is 9.63 Å². The molecule has 2 aromatic rings. The van der Waals surface area contributed by atoms with E-state index in [0.29, 0.717) is 12.2 Å². The Morgan fingerprint density at radius 2 is 2.12 bits per heavy atom. The summed E-state index contributed by atoms with van der Waals surface area (Å²) < 4.78 is 31.2. The molecule has 0 amide bonds. The molecule has 0 spiro atoms. The van der Waals surface area contributed by atoms with E-state index < -0.39 is 16.0 Å². The zero-order chi connectivity index (χ0) is 17.9. The summed E-state index contributed by atoms with van der Waals surface area (Å²) in [5.41, 5.74) is -0.172. The molecule has 0 unspecified atom stereocenters. The highest BCUT2D eigenvalue weighted by Gasteiger charge is 2.26. The summed E-state index contributed by atoms with van der Waals surface area (Å²) in [4.78, 5) is 14.8. The van der Waals surface area contributed by atoms with Crippen molar-refractivity contribution in [3.63, 3.8) is 0 Å². The van der Waals surface area contributed by atoms with Crippen molar-refractivity contribution in [2.45, 2.75) is 31.2 Å². The van der Waals surface area contributed by atoms with E-state index in [1.54, 1.807) is 0 Å². The fraction of sp³-hybridized carbons (Fsp3) is 0.357. The highest BCUT2D eigenvalue weighted by molar-refractivity contribution is 7.89. The Balaban J connectivity index is 2.28. The molecule has 0 aliphatic carbocycles. The molecule has 1 aromatic heterocycles. The number of aromatic carboxylic acids is 1. The Morgan fingerprint density at radius 3 is 2.75 bits per heavy atom. The van der Waals surface area contributed by atoms with Crippen molar-refractivity contribution in [3.05, 3.63) is 40.5 Å². The van der Waals surface area contributed by atoms with E-state index in [9.17, 15) is 13.2 Å². The Labute approximate surface area is 144 Å². The number of aryl methyl sites for hydroxylation is 1. The number of rotatable bonds is 7. The number of sulfonamides is 1. The third-order valence-electron chi connectivity index (χ3n) is 3.21. The second-order valence-corrected chi connectivity index (χ2v) is 7.49. The van der Waals surface area contributed by atoms with Crippen LogP contribution in [0.4, 0.5) is 0 Å². The normalized spacial score (nSPS) is 11.8. The van der Waals surface area contributed by atoms with Gasteiger partial charge in [0.05, 0.1) is 17.1 Å². The molecule has 8 nitrogen and oxygen atoms in total. The van der Waals surface area contributed by atoms with Gasteiger partial charge in [0.15, 0.2) is 5.82 Å². The number of carboxylic acid groups (broad SMARTS) is 1. The largest absolute Gasteiger partial charge is 0.478 e. The van der Waals surface area contributed by atoms with Gasteiger partial charge in [-0.2, -0.15) is 9.29 Å². The van der Waals surface area contributed by atoms with Gasteiger partial charge >= 0.3 is 5.97 Å². The molecule has 130 valence electrons. The van der Waals surface area contributed by atoms with Gasteiger partial charge in [-0.1, -0.05) is 23.7 Å². The number of aromatic nitrogens is 2. The van der Waals surface area contributed by atoms with Gasteiger partial charge in [-0.3, -0.25) is 0 Å². The number of carboxylic acids is 1. The molecule has 0 fully saturated rings. The van der Waals surface area contributed by atoms with E-state index in [2.05, 4.69) is 10.1 Å². The van der Waals surface area contributed by atoms with Crippen LogP contribution in [0.15, 0.2) is 27.6 Å². The SMILES string of the molecule is CCCc1noc(CN(C)S(=O)(=O)c2cc(C(=O)O)ccc2Cl)n1. The lowest BCUT2D eigenvalue weighted by Crippen LogP contribution is -2.27. The summed E-state index contributed by atoms with van der Waals surface area (Å²) in [6, 6.07) is 3.49. The minimum Gasteiger partial charge on any atom is -0.478 e. The molecule has 0 radical (unpaired) electrons. The Kier molecular flexibility index (Phi) is 5.58. The van der Waals surface area contributed by atoms with Crippen molar-refractivity contribution in [2.24, 2.45) is 0 Å². The van der Waals surface area contributed by atoms with Crippen LogP contribution in [-0.2, 0) is 23.0 Å². The average molecular weight is 374 g/mol. The van der Waals surface area contributed by atoms with E-state index in [-0.39, 0.29) is 27.9 Å². The lowest BCUT2D eigenvalue weighted by atomic mass is 10.2.